The highest BCUT2D eigenvalue weighted by Crippen LogP contribution is 2.19. The number of hydrogen-bond donors (Lipinski definition) is 0. The zero-order valence-corrected chi connectivity index (χ0v) is 15.6. The molecule has 1 aromatic rings. The Morgan fingerprint density at radius 2 is 1.12 bits per heavy atom. The van der Waals surface area contributed by atoms with E-state index < -0.39 is 0 Å². The van der Waals surface area contributed by atoms with E-state index in [1.165, 1.54) is 0 Å². The Balaban J connectivity index is 1.59. The van der Waals surface area contributed by atoms with Crippen LogP contribution in [0.25, 0.3) is 0 Å². The van der Waals surface area contributed by atoms with E-state index in [0.717, 1.165) is 25.9 Å². The second-order valence-electron chi connectivity index (χ2n) is 7.35. The highest BCUT2D eigenvalue weighted by Gasteiger charge is 2.24. The maximum Gasteiger partial charge on any atom is 0.253 e. The molecule has 0 aromatic heterocycles. The molecule has 26 heavy (non-hydrogen) atoms. The zero-order valence-electron chi connectivity index (χ0n) is 15.6. The SMILES string of the molecule is CC(=O)N1CCN(C(=O)c2ccc(C(=O)N3CCC(C)CC3)cc2)CC1. The summed E-state index contributed by atoms with van der Waals surface area (Å²) in [5, 5.41) is 0. The Morgan fingerprint density at radius 3 is 1.54 bits per heavy atom. The number of carbonyl (C=O) groups is 3. The van der Waals surface area contributed by atoms with E-state index in [0.29, 0.717) is 43.2 Å². The molecule has 3 rings (SSSR count). The van der Waals surface area contributed by atoms with E-state index in [2.05, 4.69) is 6.92 Å². The maximum absolute atomic E-state index is 12.6. The number of amides is 3. The molecule has 0 saturated carbocycles. The van der Waals surface area contributed by atoms with Crippen LogP contribution in [0, 0.1) is 5.92 Å². The van der Waals surface area contributed by atoms with E-state index in [-0.39, 0.29) is 17.7 Å². The Hall–Kier alpha value is -2.37. The number of benzene rings is 1. The lowest BCUT2D eigenvalue weighted by molar-refractivity contribution is -0.130. The van der Waals surface area contributed by atoms with Crippen molar-refractivity contribution in [3.63, 3.8) is 0 Å². The van der Waals surface area contributed by atoms with Gasteiger partial charge in [0.2, 0.25) is 5.91 Å². The van der Waals surface area contributed by atoms with Crippen LogP contribution in [0.1, 0.15) is 47.4 Å². The van der Waals surface area contributed by atoms with Crippen molar-refractivity contribution in [2.24, 2.45) is 5.92 Å². The predicted molar refractivity (Wildman–Crippen MR) is 98.9 cm³/mol. The lowest BCUT2D eigenvalue weighted by atomic mass is 9.98. The standard InChI is InChI=1S/C20H27N3O3/c1-15-7-9-22(10-8-15)19(25)17-3-5-18(6-4-17)20(26)23-13-11-21(12-14-23)16(2)24/h3-6,15H,7-14H2,1-2H3. The molecule has 0 N–H and O–H groups in total. The molecular formula is C20H27N3O3. The monoisotopic (exact) mass is 357 g/mol. The van der Waals surface area contributed by atoms with Gasteiger partial charge in [0, 0.05) is 57.3 Å². The van der Waals surface area contributed by atoms with Crippen molar-refractivity contribution in [1.82, 2.24) is 14.7 Å². The summed E-state index contributed by atoms with van der Waals surface area (Å²) in [5.41, 5.74) is 1.22. The van der Waals surface area contributed by atoms with Crippen LogP contribution in [-0.2, 0) is 4.79 Å². The fraction of sp³-hybridized carbons (Fsp3) is 0.550. The Kier molecular flexibility index (Phi) is 5.59. The van der Waals surface area contributed by atoms with Crippen molar-refractivity contribution < 1.29 is 14.4 Å². The minimum atomic E-state index is -0.0426. The Bertz CT molecular complexity index is 670. The molecule has 0 atom stereocenters. The van der Waals surface area contributed by atoms with E-state index in [4.69, 9.17) is 0 Å². The van der Waals surface area contributed by atoms with Gasteiger partial charge in [-0.15, -0.1) is 0 Å². The van der Waals surface area contributed by atoms with Gasteiger partial charge >= 0.3 is 0 Å². The molecule has 6 heteroatoms. The van der Waals surface area contributed by atoms with Gasteiger partial charge in [0.05, 0.1) is 0 Å². The third kappa shape index (κ3) is 4.06. The second kappa shape index (κ2) is 7.89. The van der Waals surface area contributed by atoms with E-state index in [1.807, 2.05) is 4.90 Å². The molecular weight excluding hydrogens is 330 g/mol. The maximum atomic E-state index is 12.6. The van der Waals surface area contributed by atoms with Gasteiger partial charge in [-0.1, -0.05) is 6.92 Å². The number of nitrogens with zero attached hydrogens (tertiary/aromatic N) is 3. The first-order valence-corrected chi connectivity index (χ1v) is 9.40. The number of hydrogen-bond acceptors (Lipinski definition) is 3. The molecule has 0 bridgehead atoms. The van der Waals surface area contributed by atoms with Crippen molar-refractivity contribution >= 4 is 17.7 Å². The minimum absolute atomic E-state index is 0.0426. The predicted octanol–water partition coefficient (Wildman–Crippen LogP) is 1.86. The van der Waals surface area contributed by atoms with Crippen LogP contribution in [0.4, 0.5) is 0 Å². The molecule has 1 aromatic carbocycles. The number of carbonyl (C=O) groups excluding carboxylic acids is 3. The lowest BCUT2D eigenvalue weighted by Gasteiger charge is -2.34. The number of piperidine rings is 1. The van der Waals surface area contributed by atoms with E-state index >= 15 is 0 Å². The first kappa shape index (κ1) is 18.4. The molecule has 2 aliphatic rings. The molecule has 140 valence electrons. The summed E-state index contributed by atoms with van der Waals surface area (Å²) >= 11 is 0. The van der Waals surface area contributed by atoms with Gasteiger partial charge in [0.1, 0.15) is 0 Å². The average molecular weight is 357 g/mol. The molecule has 0 spiro atoms. The second-order valence-corrected chi connectivity index (χ2v) is 7.35. The summed E-state index contributed by atoms with van der Waals surface area (Å²) in [6.45, 7) is 7.63. The number of likely N-dealkylation sites (tertiary alicyclic amines) is 1. The quantitative estimate of drug-likeness (QED) is 0.812. The molecule has 0 unspecified atom stereocenters. The summed E-state index contributed by atoms with van der Waals surface area (Å²) in [5.74, 6) is 0.736. The van der Waals surface area contributed by atoms with Gasteiger partial charge < -0.3 is 14.7 Å². The van der Waals surface area contributed by atoms with Gasteiger partial charge in [0.25, 0.3) is 11.8 Å². The summed E-state index contributed by atoms with van der Waals surface area (Å²) in [6, 6.07) is 6.97. The van der Waals surface area contributed by atoms with Crippen LogP contribution in [-0.4, -0.2) is 71.7 Å². The first-order valence-electron chi connectivity index (χ1n) is 9.40. The number of piperazine rings is 1. The first-order chi connectivity index (χ1) is 12.5. The highest BCUT2D eigenvalue weighted by molar-refractivity contribution is 5.98. The third-order valence-corrected chi connectivity index (χ3v) is 5.46. The van der Waals surface area contributed by atoms with Crippen LogP contribution in [0.15, 0.2) is 24.3 Å². The molecule has 2 aliphatic heterocycles. The van der Waals surface area contributed by atoms with Crippen molar-refractivity contribution in [2.45, 2.75) is 26.7 Å². The van der Waals surface area contributed by atoms with Gasteiger partial charge in [-0.3, -0.25) is 14.4 Å². The normalized spacial score (nSPS) is 18.8. The summed E-state index contributed by atoms with van der Waals surface area (Å²) < 4.78 is 0. The molecule has 2 heterocycles. The van der Waals surface area contributed by atoms with E-state index in [9.17, 15) is 14.4 Å². The third-order valence-electron chi connectivity index (χ3n) is 5.46. The van der Waals surface area contributed by atoms with Crippen LogP contribution < -0.4 is 0 Å². The van der Waals surface area contributed by atoms with E-state index in [1.54, 1.807) is 41.0 Å². The fourth-order valence-electron chi connectivity index (χ4n) is 3.56. The van der Waals surface area contributed by atoms with Crippen LogP contribution in [0.2, 0.25) is 0 Å². The van der Waals surface area contributed by atoms with Crippen LogP contribution >= 0.6 is 0 Å². The van der Waals surface area contributed by atoms with Crippen molar-refractivity contribution in [1.29, 1.82) is 0 Å². The number of rotatable bonds is 2. The summed E-state index contributed by atoms with van der Waals surface area (Å²) in [7, 11) is 0. The average Bonchev–Trinajstić information content (AvgIpc) is 2.67. The van der Waals surface area contributed by atoms with Gasteiger partial charge in [-0.05, 0) is 43.0 Å². The van der Waals surface area contributed by atoms with Gasteiger partial charge in [-0.25, -0.2) is 0 Å². The smallest absolute Gasteiger partial charge is 0.253 e. The summed E-state index contributed by atoms with van der Waals surface area (Å²) in [4.78, 5) is 42.0. The topological polar surface area (TPSA) is 60.9 Å². The molecule has 0 radical (unpaired) electrons. The lowest BCUT2D eigenvalue weighted by Crippen LogP contribution is -2.50. The van der Waals surface area contributed by atoms with Crippen LogP contribution in [0.3, 0.4) is 0 Å². The van der Waals surface area contributed by atoms with Gasteiger partial charge in [-0.2, -0.15) is 0 Å². The summed E-state index contributed by atoms with van der Waals surface area (Å²) in [6.07, 6.45) is 2.10. The molecule has 6 nitrogen and oxygen atoms in total. The van der Waals surface area contributed by atoms with Crippen molar-refractivity contribution in [2.75, 3.05) is 39.3 Å². The molecule has 2 saturated heterocycles. The Labute approximate surface area is 154 Å². The molecule has 0 aliphatic carbocycles. The molecule has 2 fully saturated rings. The van der Waals surface area contributed by atoms with Crippen molar-refractivity contribution in [3.05, 3.63) is 35.4 Å². The largest absolute Gasteiger partial charge is 0.339 e. The molecule has 3 amide bonds. The Morgan fingerprint density at radius 1 is 0.731 bits per heavy atom. The highest BCUT2D eigenvalue weighted by atomic mass is 16.2. The fourth-order valence-corrected chi connectivity index (χ4v) is 3.56. The van der Waals surface area contributed by atoms with Crippen molar-refractivity contribution in [3.8, 4) is 0 Å². The zero-order chi connectivity index (χ0) is 18.7. The minimum Gasteiger partial charge on any atom is -0.339 e. The van der Waals surface area contributed by atoms with Gasteiger partial charge in [0.15, 0.2) is 0 Å². The van der Waals surface area contributed by atoms with Crippen LogP contribution in [0.5, 0.6) is 0 Å².